The van der Waals surface area contributed by atoms with Gasteiger partial charge in [-0.15, -0.1) is 0 Å². The molecule has 84 valence electrons. The van der Waals surface area contributed by atoms with Crippen molar-refractivity contribution in [3.8, 4) is 6.07 Å². The number of hydrogen-bond acceptors (Lipinski definition) is 3. The zero-order valence-electron chi connectivity index (χ0n) is 8.46. The Hall–Kier alpha value is -1.93. The number of primary amides is 1. The van der Waals surface area contributed by atoms with E-state index >= 15 is 0 Å². The van der Waals surface area contributed by atoms with Crippen LogP contribution in [0.1, 0.15) is 5.56 Å². The minimum Gasteiger partial charge on any atom is -0.382 e. The van der Waals surface area contributed by atoms with Gasteiger partial charge in [-0.2, -0.15) is 5.26 Å². The Morgan fingerprint density at radius 1 is 1.50 bits per heavy atom. The molecule has 6 heteroatoms. The van der Waals surface area contributed by atoms with Crippen molar-refractivity contribution in [2.75, 3.05) is 18.4 Å². The fourth-order valence-electron chi connectivity index (χ4n) is 1.14. The van der Waals surface area contributed by atoms with Crippen molar-refractivity contribution >= 4 is 23.3 Å². The summed E-state index contributed by atoms with van der Waals surface area (Å²) < 4.78 is 0. The topological polar surface area (TPSA) is 90.9 Å². The number of nitrogens with zero attached hydrogens (tertiary/aromatic N) is 1. The van der Waals surface area contributed by atoms with Crippen LogP contribution in [0, 0.1) is 11.3 Å². The fourth-order valence-corrected chi connectivity index (χ4v) is 1.32. The van der Waals surface area contributed by atoms with E-state index in [2.05, 4.69) is 10.6 Å². The molecule has 0 atom stereocenters. The minimum absolute atomic E-state index is 0.382. The molecular weight excluding hydrogens is 228 g/mol. The summed E-state index contributed by atoms with van der Waals surface area (Å²) in [5, 5.41) is 14.8. The van der Waals surface area contributed by atoms with Gasteiger partial charge in [0.1, 0.15) is 6.07 Å². The second kappa shape index (κ2) is 5.83. The molecule has 1 rings (SSSR count). The molecule has 0 bridgehead atoms. The van der Waals surface area contributed by atoms with Crippen LogP contribution in [0.25, 0.3) is 0 Å². The lowest BCUT2D eigenvalue weighted by Gasteiger charge is -2.08. The predicted molar refractivity (Wildman–Crippen MR) is 62.2 cm³/mol. The van der Waals surface area contributed by atoms with E-state index in [4.69, 9.17) is 22.6 Å². The van der Waals surface area contributed by atoms with Gasteiger partial charge in [-0.25, -0.2) is 4.79 Å². The lowest BCUT2D eigenvalue weighted by Crippen LogP contribution is -2.33. The highest BCUT2D eigenvalue weighted by atomic mass is 35.5. The van der Waals surface area contributed by atoms with Crippen LogP contribution in [-0.2, 0) is 0 Å². The molecule has 1 aromatic rings. The van der Waals surface area contributed by atoms with Crippen molar-refractivity contribution in [3.05, 3.63) is 28.8 Å². The standard InChI is InChI=1S/C10H11ClN4O/c11-8-2-1-7(6-12)9(5-8)14-3-4-15-10(13)16/h1-2,5,14H,3-4H2,(H3,13,15,16). The van der Waals surface area contributed by atoms with Gasteiger partial charge < -0.3 is 16.4 Å². The van der Waals surface area contributed by atoms with Crippen molar-refractivity contribution in [1.29, 1.82) is 5.26 Å². The molecule has 0 saturated heterocycles. The Morgan fingerprint density at radius 3 is 2.88 bits per heavy atom. The van der Waals surface area contributed by atoms with Crippen LogP contribution in [0.2, 0.25) is 5.02 Å². The van der Waals surface area contributed by atoms with Crippen LogP contribution in [0.15, 0.2) is 18.2 Å². The van der Waals surface area contributed by atoms with Crippen molar-refractivity contribution < 1.29 is 4.79 Å². The van der Waals surface area contributed by atoms with Crippen molar-refractivity contribution in [2.24, 2.45) is 5.73 Å². The maximum atomic E-state index is 10.4. The normalized spacial score (nSPS) is 9.25. The molecular formula is C10H11ClN4O. The summed E-state index contributed by atoms with van der Waals surface area (Å²) in [6.07, 6.45) is 0. The summed E-state index contributed by atoms with van der Waals surface area (Å²) in [4.78, 5) is 10.4. The van der Waals surface area contributed by atoms with Gasteiger partial charge in [0.25, 0.3) is 0 Å². The van der Waals surface area contributed by atoms with Gasteiger partial charge in [-0.1, -0.05) is 11.6 Å². The molecule has 0 saturated carbocycles. The molecule has 0 aromatic heterocycles. The maximum Gasteiger partial charge on any atom is 0.312 e. The molecule has 0 spiro atoms. The number of nitrogens with one attached hydrogen (secondary N) is 2. The monoisotopic (exact) mass is 238 g/mol. The SMILES string of the molecule is N#Cc1ccc(Cl)cc1NCCNC(N)=O. The number of benzene rings is 1. The van der Waals surface area contributed by atoms with E-state index in [0.29, 0.717) is 29.4 Å². The number of carbonyl (C=O) groups is 1. The highest BCUT2D eigenvalue weighted by molar-refractivity contribution is 6.30. The van der Waals surface area contributed by atoms with Crippen LogP contribution in [0.4, 0.5) is 10.5 Å². The molecule has 1 aromatic carbocycles. The number of urea groups is 1. The zero-order chi connectivity index (χ0) is 12.0. The predicted octanol–water partition coefficient (Wildman–Crippen LogP) is 1.29. The number of hydrogen-bond donors (Lipinski definition) is 3. The van der Waals surface area contributed by atoms with Crippen molar-refractivity contribution in [2.45, 2.75) is 0 Å². The van der Waals surface area contributed by atoms with Crippen LogP contribution < -0.4 is 16.4 Å². The Bertz CT molecular complexity index is 427. The smallest absolute Gasteiger partial charge is 0.312 e. The highest BCUT2D eigenvalue weighted by Crippen LogP contribution is 2.19. The number of nitrogens with two attached hydrogens (primary N) is 1. The molecule has 0 aliphatic rings. The van der Waals surface area contributed by atoms with Crippen LogP contribution in [-0.4, -0.2) is 19.1 Å². The molecule has 2 amide bonds. The second-order valence-electron chi connectivity index (χ2n) is 3.02. The third-order valence-corrected chi connectivity index (χ3v) is 2.08. The molecule has 16 heavy (non-hydrogen) atoms. The highest BCUT2D eigenvalue weighted by Gasteiger charge is 2.01. The Morgan fingerprint density at radius 2 is 2.25 bits per heavy atom. The number of amides is 2. The third-order valence-electron chi connectivity index (χ3n) is 1.84. The Balaban J connectivity index is 2.56. The number of anilines is 1. The Labute approximate surface area is 98.2 Å². The molecule has 5 nitrogen and oxygen atoms in total. The van der Waals surface area contributed by atoms with Gasteiger partial charge in [0.2, 0.25) is 0 Å². The first-order valence-electron chi connectivity index (χ1n) is 4.60. The zero-order valence-corrected chi connectivity index (χ0v) is 9.21. The summed E-state index contributed by atoms with van der Waals surface area (Å²) in [7, 11) is 0. The van der Waals surface area contributed by atoms with E-state index in [1.807, 2.05) is 6.07 Å². The van der Waals surface area contributed by atoms with Gasteiger partial charge in [0, 0.05) is 18.1 Å². The lowest BCUT2D eigenvalue weighted by molar-refractivity contribution is 0.249. The fraction of sp³-hybridized carbons (Fsp3) is 0.200. The van der Waals surface area contributed by atoms with Gasteiger partial charge in [0.15, 0.2) is 0 Å². The van der Waals surface area contributed by atoms with Crippen LogP contribution >= 0.6 is 11.6 Å². The number of halogens is 1. The molecule has 0 aliphatic carbocycles. The molecule has 0 unspecified atom stereocenters. The first-order chi connectivity index (χ1) is 7.63. The summed E-state index contributed by atoms with van der Waals surface area (Å²) in [5.41, 5.74) is 6.04. The van der Waals surface area contributed by atoms with E-state index in [0.717, 1.165) is 0 Å². The average molecular weight is 239 g/mol. The summed E-state index contributed by atoms with van der Waals surface area (Å²) in [6, 6.07) is 6.40. The van der Waals surface area contributed by atoms with E-state index in [1.165, 1.54) is 0 Å². The number of rotatable bonds is 4. The Kier molecular flexibility index (Phi) is 4.42. The average Bonchev–Trinajstić information content (AvgIpc) is 2.24. The van der Waals surface area contributed by atoms with E-state index in [1.54, 1.807) is 18.2 Å². The van der Waals surface area contributed by atoms with Gasteiger partial charge >= 0.3 is 6.03 Å². The maximum absolute atomic E-state index is 10.4. The molecule has 0 heterocycles. The quantitative estimate of drug-likeness (QED) is 0.691. The molecule has 0 fully saturated rings. The number of nitriles is 1. The minimum atomic E-state index is -0.576. The molecule has 0 radical (unpaired) electrons. The van der Waals surface area contributed by atoms with Gasteiger partial charge in [-0.3, -0.25) is 0 Å². The first kappa shape index (κ1) is 12.1. The lowest BCUT2D eigenvalue weighted by atomic mass is 10.2. The van der Waals surface area contributed by atoms with Crippen LogP contribution in [0.5, 0.6) is 0 Å². The number of carbonyl (C=O) groups excluding carboxylic acids is 1. The van der Waals surface area contributed by atoms with E-state index in [9.17, 15) is 4.79 Å². The van der Waals surface area contributed by atoms with Gasteiger partial charge in [-0.05, 0) is 18.2 Å². The summed E-state index contributed by atoms with van der Waals surface area (Å²) in [6.45, 7) is 0.852. The largest absolute Gasteiger partial charge is 0.382 e. The first-order valence-corrected chi connectivity index (χ1v) is 4.98. The molecule has 4 N–H and O–H groups in total. The van der Waals surface area contributed by atoms with E-state index < -0.39 is 6.03 Å². The van der Waals surface area contributed by atoms with Crippen molar-refractivity contribution in [1.82, 2.24) is 5.32 Å². The van der Waals surface area contributed by atoms with Gasteiger partial charge in [0.05, 0.1) is 11.3 Å². The summed E-state index contributed by atoms with van der Waals surface area (Å²) in [5.74, 6) is 0. The van der Waals surface area contributed by atoms with Crippen LogP contribution in [0.3, 0.4) is 0 Å². The van der Waals surface area contributed by atoms with Crippen molar-refractivity contribution in [3.63, 3.8) is 0 Å². The third kappa shape index (κ3) is 3.67. The van der Waals surface area contributed by atoms with E-state index in [-0.39, 0.29) is 0 Å². The second-order valence-corrected chi connectivity index (χ2v) is 3.46. The summed E-state index contributed by atoms with van der Waals surface area (Å²) >= 11 is 5.80. The molecule has 0 aliphatic heterocycles.